The van der Waals surface area contributed by atoms with Gasteiger partial charge in [0.1, 0.15) is 0 Å². The number of fused-ring (bicyclic) bond motifs is 1. The second-order valence-corrected chi connectivity index (χ2v) is 4.04. The van der Waals surface area contributed by atoms with Crippen molar-refractivity contribution >= 4 is 16.5 Å². The summed E-state index contributed by atoms with van der Waals surface area (Å²) in [5, 5.41) is 0.684. The molecule has 1 aliphatic carbocycles. The third kappa shape index (κ3) is 1.23. The summed E-state index contributed by atoms with van der Waals surface area (Å²) in [6.45, 7) is 0. The van der Waals surface area contributed by atoms with Crippen molar-refractivity contribution in [2.24, 2.45) is 5.73 Å². The van der Waals surface area contributed by atoms with E-state index >= 15 is 0 Å². The van der Waals surface area contributed by atoms with E-state index in [0.717, 1.165) is 19.3 Å². The van der Waals surface area contributed by atoms with E-state index in [-0.39, 0.29) is 0 Å². The van der Waals surface area contributed by atoms with E-state index in [0.29, 0.717) is 11.2 Å². The minimum atomic E-state index is 0.322. The van der Waals surface area contributed by atoms with Crippen molar-refractivity contribution in [3.05, 3.63) is 10.6 Å². The summed E-state index contributed by atoms with van der Waals surface area (Å²) in [6, 6.07) is 0.322. The van der Waals surface area contributed by atoms with Crippen LogP contribution in [0, 0.1) is 0 Å². The van der Waals surface area contributed by atoms with Gasteiger partial charge in [0, 0.05) is 10.9 Å². The van der Waals surface area contributed by atoms with E-state index in [1.807, 2.05) is 0 Å². The minimum absolute atomic E-state index is 0.322. The van der Waals surface area contributed by atoms with Gasteiger partial charge in [0.05, 0.1) is 5.69 Å². The molecule has 3 nitrogen and oxygen atoms in total. The molecule has 0 aromatic carbocycles. The summed E-state index contributed by atoms with van der Waals surface area (Å²) in [4.78, 5) is 5.52. The number of nitrogens with zero attached hydrogens (tertiary/aromatic N) is 1. The molecular formula is C7H11N3S. The average Bonchev–Trinajstić information content (AvgIpc) is 2.27. The SMILES string of the molecule is Nc1nc2c(s1)C[C@H](N)CC2. The fraction of sp³-hybridized carbons (Fsp3) is 0.571. The molecule has 1 aromatic rings. The first kappa shape index (κ1) is 7.06. The van der Waals surface area contributed by atoms with Gasteiger partial charge in [0.2, 0.25) is 0 Å². The highest BCUT2D eigenvalue weighted by molar-refractivity contribution is 7.15. The maximum Gasteiger partial charge on any atom is 0.180 e. The number of thiazole rings is 1. The second-order valence-electron chi connectivity index (χ2n) is 2.92. The molecule has 0 fully saturated rings. The Hall–Kier alpha value is -0.610. The number of anilines is 1. The number of aryl methyl sites for hydroxylation is 1. The molecule has 0 spiro atoms. The molecule has 0 amide bonds. The number of rotatable bonds is 0. The predicted octanol–water partition coefficient (Wildman–Crippen LogP) is 0.541. The van der Waals surface area contributed by atoms with Gasteiger partial charge in [-0.05, 0) is 19.3 Å². The van der Waals surface area contributed by atoms with Crippen LogP contribution < -0.4 is 11.5 Å². The Kier molecular flexibility index (Phi) is 1.58. The van der Waals surface area contributed by atoms with Crippen molar-refractivity contribution in [1.82, 2.24) is 4.98 Å². The van der Waals surface area contributed by atoms with Crippen molar-refractivity contribution in [3.8, 4) is 0 Å². The summed E-state index contributed by atoms with van der Waals surface area (Å²) >= 11 is 1.58. The first-order valence-electron chi connectivity index (χ1n) is 3.75. The Bertz CT molecular complexity index is 269. The number of nitrogen functional groups attached to an aromatic ring is 1. The van der Waals surface area contributed by atoms with Gasteiger partial charge in [-0.3, -0.25) is 0 Å². The Labute approximate surface area is 69.4 Å². The zero-order chi connectivity index (χ0) is 7.84. The molecule has 0 saturated carbocycles. The van der Waals surface area contributed by atoms with Gasteiger partial charge in [-0.25, -0.2) is 4.98 Å². The van der Waals surface area contributed by atoms with Gasteiger partial charge >= 0.3 is 0 Å². The van der Waals surface area contributed by atoms with Crippen LogP contribution in [0.25, 0.3) is 0 Å². The van der Waals surface area contributed by atoms with Gasteiger partial charge in [-0.15, -0.1) is 11.3 Å². The van der Waals surface area contributed by atoms with Crippen LogP contribution in [-0.4, -0.2) is 11.0 Å². The quantitative estimate of drug-likeness (QED) is 0.596. The lowest BCUT2D eigenvalue weighted by molar-refractivity contribution is 0.576. The molecule has 1 atom stereocenters. The van der Waals surface area contributed by atoms with Crippen LogP contribution in [0.3, 0.4) is 0 Å². The monoisotopic (exact) mass is 169 g/mol. The lowest BCUT2D eigenvalue weighted by Crippen LogP contribution is -2.26. The van der Waals surface area contributed by atoms with E-state index in [4.69, 9.17) is 11.5 Å². The molecular weight excluding hydrogens is 158 g/mol. The van der Waals surface area contributed by atoms with Crippen LogP contribution in [0.1, 0.15) is 17.0 Å². The molecule has 2 rings (SSSR count). The summed E-state index contributed by atoms with van der Waals surface area (Å²) in [6.07, 6.45) is 3.02. The average molecular weight is 169 g/mol. The highest BCUT2D eigenvalue weighted by atomic mass is 32.1. The van der Waals surface area contributed by atoms with Crippen LogP contribution in [0.5, 0.6) is 0 Å². The topological polar surface area (TPSA) is 64.9 Å². The molecule has 11 heavy (non-hydrogen) atoms. The van der Waals surface area contributed by atoms with E-state index < -0.39 is 0 Å². The van der Waals surface area contributed by atoms with Crippen LogP contribution in [0.15, 0.2) is 0 Å². The molecule has 0 aliphatic heterocycles. The Morgan fingerprint density at radius 3 is 3.18 bits per heavy atom. The maximum atomic E-state index is 5.80. The summed E-state index contributed by atoms with van der Waals surface area (Å²) in [5.41, 5.74) is 12.5. The van der Waals surface area contributed by atoms with Gasteiger partial charge in [0.25, 0.3) is 0 Å². The molecule has 0 bridgehead atoms. The van der Waals surface area contributed by atoms with Gasteiger partial charge in [-0.2, -0.15) is 0 Å². The van der Waals surface area contributed by atoms with Crippen LogP contribution in [0.2, 0.25) is 0 Å². The minimum Gasteiger partial charge on any atom is -0.375 e. The highest BCUT2D eigenvalue weighted by Gasteiger charge is 2.18. The molecule has 4 heteroatoms. The Balaban J connectivity index is 2.34. The Morgan fingerprint density at radius 2 is 2.36 bits per heavy atom. The molecule has 0 saturated heterocycles. The largest absolute Gasteiger partial charge is 0.375 e. The fourth-order valence-electron chi connectivity index (χ4n) is 1.42. The van der Waals surface area contributed by atoms with Gasteiger partial charge in [-0.1, -0.05) is 0 Å². The number of hydrogen-bond donors (Lipinski definition) is 2. The molecule has 60 valence electrons. The molecule has 0 radical (unpaired) electrons. The summed E-state index contributed by atoms with van der Waals surface area (Å²) < 4.78 is 0. The molecule has 4 N–H and O–H groups in total. The predicted molar refractivity (Wildman–Crippen MR) is 46.5 cm³/mol. The summed E-state index contributed by atoms with van der Waals surface area (Å²) in [5.74, 6) is 0. The number of nitrogens with two attached hydrogens (primary N) is 2. The van der Waals surface area contributed by atoms with Crippen molar-refractivity contribution < 1.29 is 0 Å². The van der Waals surface area contributed by atoms with Crippen molar-refractivity contribution in [2.45, 2.75) is 25.3 Å². The smallest absolute Gasteiger partial charge is 0.180 e. The van der Waals surface area contributed by atoms with Crippen molar-refractivity contribution in [2.75, 3.05) is 5.73 Å². The van der Waals surface area contributed by atoms with E-state index in [2.05, 4.69) is 4.98 Å². The van der Waals surface area contributed by atoms with Crippen molar-refractivity contribution in [3.63, 3.8) is 0 Å². The normalized spacial score (nSPS) is 23.2. The number of aromatic nitrogens is 1. The zero-order valence-electron chi connectivity index (χ0n) is 6.21. The second kappa shape index (κ2) is 2.46. The third-order valence-electron chi connectivity index (χ3n) is 1.99. The van der Waals surface area contributed by atoms with Gasteiger partial charge in [0.15, 0.2) is 5.13 Å². The van der Waals surface area contributed by atoms with E-state index in [9.17, 15) is 0 Å². The van der Waals surface area contributed by atoms with Crippen LogP contribution >= 0.6 is 11.3 Å². The molecule has 1 heterocycles. The Morgan fingerprint density at radius 1 is 1.55 bits per heavy atom. The molecule has 0 unspecified atom stereocenters. The molecule has 1 aliphatic rings. The van der Waals surface area contributed by atoms with Crippen molar-refractivity contribution in [1.29, 1.82) is 0 Å². The third-order valence-corrected chi connectivity index (χ3v) is 2.94. The first-order valence-corrected chi connectivity index (χ1v) is 4.57. The molecule has 1 aromatic heterocycles. The lowest BCUT2D eigenvalue weighted by atomic mass is 9.99. The van der Waals surface area contributed by atoms with E-state index in [1.165, 1.54) is 10.6 Å². The number of hydrogen-bond acceptors (Lipinski definition) is 4. The summed E-state index contributed by atoms with van der Waals surface area (Å²) in [7, 11) is 0. The first-order chi connectivity index (χ1) is 5.25. The lowest BCUT2D eigenvalue weighted by Gasteiger charge is -2.15. The van der Waals surface area contributed by atoms with Crippen LogP contribution in [-0.2, 0) is 12.8 Å². The zero-order valence-corrected chi connectivity index (χ0v) is 7.03. The fourth-order valence-corrected chi connectivity index (χ4v) is 2.39. The highest BCUT2D eigenvalue weighted by Crippen LogP contribution is 2.27. The van der Waals surface area contributed by atoms with Gasteiger partial charge < -0.3 is 11.5 Å². The standard InChI is InChI=1S/C7H11N3S/c8-4-1-2-5-6(3-4)11-7(9)10-5/h4H,1-3,8H2,(H2,9,10)/t4-/m1/s1. The van der Waals surface area contributed by atoms with Crippen LogP contribution in [0.4, 0.5) is 5.13 Å². The van der Waals surface area contributed by atoms with E-state index in [1.54, 1.807) is 11.3 Å². The maximum absolute atomic E-state index is 5.80.